The maximum Gasteiger partial charge on any atom is 2.00 e. The fourth-order valence-electron chi connectivity index (χ4n) is 6.13. The number of rotatable bonds is 6. The summed E-state index contributed by atoms with van der Waals surface area (Å²) in [5.74, 6) is 2.04. The number of ether oxygens (including phenoxy) is 2. The summed E-state index contributed by atoms with van der Waals surface area (Å²) in [6.07, 6.45) is 24.0. The first kappa shape index (κ1) is 44.5. The van der Waals surface area contributed by atoms with Crippen LogP contribution in [0.1, 0.15) is 140 Å². The van der Waals surface area contributed by atoms with Gasteiger partial charge in [-0.3, -0.25) is 0 Å². The normalized spacial score (nSPS) is 30.7. The molecule has 3 aliphatic carbocycles. The first-order valence-corrected chi connectivity index (χ1v) is 17.1. The van der Waals surface area contributed by atoms with Crippen LogP contribution in [-0.4, -0.2) is 58.2 Å². The zero-order valence-electron chi connectivity index (χ0n) is 30.9. The van der Waals surface area contributed by atoms with E-state index in [0.29, 0.717) is 5.92 Å². The second-order valence-corrected chi connectivity index (χ2v) is 15.2. The molecule has 1 N–H and O–H groups in total. The maximum absolute atomic E-state index is 10.5. The maximum atomic E-state index is 10.5. The van der Waals surface area contributed by atoms with E-state index in [0.717, 1.165) is 57.2 Å². The summed E-state index contributed by atoms with van der Waals surface area (Å²) in [6, 6.07) is 0. The van der Waals surface area contributed by atoms with Gasteiger partial charge in [0.2, 0.25) is 0 Å². The molecule has 0 saturated carbocycles. The zero-order chi connectivity index (χ0) is 32.3. The summed E-state index contributed by atoms with van der Waals surface area (Å²) < 4.78 is 10.9. The molecule has 5 aliphatic rings. The predicted molar refractivity (Wildman–Crippen MR) is 192 cm³/mol. The monoisotopic (exact) mass is 654 g/mol. The average molecular weight is 656 g/mol. The van der Waals surface area contributed by atoms with Crippen molar-refractivity contribution in [1.29, 1.82) is 0 Å². The molecule has 45 heavy (non-hydrogen) atoms. The second-order valence-electron chi connectivity index (χ2n) is 15.2. The van der Waals surface area contributed by atoms with Gasteiger partial charge in [-0.2, -0.15) is 0 Å². The molecule has 6 unspecified atom stereocenters. The van der Waals surface area contributed by atoms with Crippen LogP contribution in [0.25, 0.3) is 0 Å². The Morgan fingerprint density at radius 2 is 1.20 bits per heavy atom. The molecule has 5 rings (SSSR count). The first-order valence-electron chi connectivity index (χ1n) is 17.1. The number of aliphatic hydroxyl groups is 1. The molecule has 0 aromatic heterocycles. The van der Waals surface area contributed by atoms with Gasteiger partial charge < -0.3 is 27.0 Å². The van der Waals surface area contributed by atoms with Crippen LogP contribution in [0.3, 0.4) is 0 Å². The van der Waals surface area contributed by atoms with Crippen LogP contribution in [-0.2, 0) is 9.47 Å². The third-order valence-electron chi connectivity index (χ3n) is 10.3. The molecule has 2 heterocycles. The van der Waals surface area contributed by atoms with Crippen LogP contribution in [0.2, 0.25) is 0 Å². The fraction of sp³-hybridized carbons (Fsp3) is 0.725. The summed E-state index contributed by atoms with van der Waals surface area (Å²) in [4.78, 5) is 0. The van der Waals surface area contributed by atoms with Crippen molar-refractivity contribution in [2.75, 3.05) is 13.2 Å². The van der Waals surface area contributed by atoms with Crippen molar-refractivity contribution in [3.63, 3.8) is 0 Å². The number of epoxide rings is 2. The van der Waals surface area contributed by atoms with Gasteiger partial charge in [0.05, 0.1) is 30.0 Å². The van der Waals surface area contributed by atoms with E-state index in [4.69, 9.17) is 9.47 Å². The topological polar surface area (TPSA) is 45.3 Å². The molecule has 2 aliphatic heterocycles. The van der Waals surface area contributed by atoms with Crippen LogP contribution in [0.5, 0.6) is 0 Å². The van der Waals surface area contributed by atoms with E-state index in [1.165, 1.54) is 55.2 Å². The van der Waals surface area contributed by atoms with Crippen molar-refractivity contribution < 1.29 is 27.0 Å². The smallest absolute Gasteiger partial charge is 1.00 e. The van der Waals surface area contributed by atoms with E-state index < -0.39 is 5.60 Å². The third-order valence-corrected chi connectivity index (χ3v) is 10.3. The molecule has 6 atom stereocenters. The second kappa shape index (κ2) is 20.8. The minimum absolute atomic E-state index is 0. The SMILES string of the molecule is CC(C)=CCCC(C)(O)C1CC=C(C)CC1.CC1=CCC(C2(C)CO2)CC1.CC1=CCC(C2(C)CO2)CC1.[CH2-]C=C(C)C.[Cl-].[Mg+2]. The molecule has 0 bridgehead atoms. The van der Waals surface area contributed by atoms with Gasteiger partial charge in [0.25, 0.3) is 0 Å². The van der Waals surface area contributed by atoms with Gasteiger partial charge in [-0.1, -0.05) is 46.6 Å². The van der Waals surface area contributed by atoms with Crippen molar-refractivity contribution >= 4 is 23.1 Å². The Hall–Kier alpha value is -0.494. The van der Waals surface area contributed by atoms with Crippen LogP contribution in [0.15, 0.2) is 58.2 Å². The van der Waals surface area contributed by atoms with Crippen molar-refractivity contribution in [2.45, 2.75) is 157 Å². The van der Waals surface area contributed by atoms with E-state index in [9.17, 15) is 5.11 Å². The Kier molecular flexibility index (Phi) is 20.6. The molecule has 0 aromatic rings. The molecule has 2 fully saturated rings. The Balaban J connectivity index is 0.000000597. The minimum Gasteiger partial charge on any atom is -1.00 e. The molecule has 2 saturated heterocycles. The summed E-state index contributed by atoms with van der Waals surface area (Å²) in [5.41, 5.74) is 7.24. The van der Waals surface area contributed by atoms with Crippen molar-refractivity contribution in [3.05, 3.63) is 65.2 Å². The average Bonchev–Trinajstić information content (AvgIpc) is 3.89. The molecule has 254 valence electrons. The van der Waals surface area contributed by atoms with Gasteiger partial charge in [0, 0.05) is 0 Å². The molecular weight excluding hydrogens is 588 g/mol. The first-order chi connectivity index (χ1) is 20.1. The summed E-state index contributed by atoms with van der Waals surface area (Å²) in [6.45, 7) is 26.9. The Morgan fingerprint density at radius 1 is 0.822 bits per heavy atom. The van der Waals surface area contributed by atoms with E-state index in [1.807, 2.05) is 26.8 Å². The van der Waals surface area contributed by atoms with Gasteiger partial charge in [-0.15, -0.1) is 13.8 Å². The predicted octanol–water partition coefficient (Wildman–Crippen LogP) is 7.68. The van der Waals surface area contributed by atoms with Gasteiger partial charge in [0.1, 0.15) is 0 Å². The number of halogens is 1. The van der Waals surface area contributed by atoms with E-state index in [1.54, 1.807) is 11.1 Å². The van der Waals surface area contributed by atoms with Crippen LogP contribution < -0.4 is 12.4 Å². The van der Waals surface area contributed by atoms with E-state index in [-0.39, 0.29) is 46.7 Å². The van der Waals surface area contributed by atoms with Crippen molar-refractivity contribution in [3.8, 4) is 0 Å². The number of allylic oxidation sites excluding steroid dienone is 10. The summed E-state index contributed by atoms with van der Waals surface area (Å²) >= 11 is 0. The van der Waals surface area contributed by atoms with Crippen LogP contribution >= 0.6 is 0 Å². The molecule has 0 aromatic carbocycles. The van der Waals surface area contributed by atoms with Gasteiger partial charge >= 0.3 is 23.1 Å². The summed E-state index contributed by atoms with van der Waals surface area (Å²) in [5, 5.41) is 10.5. The van der Waals surface area contributed by atoms with Gasteiger partial charge in [-0.05, 0) is 144 Å². The zero-order valence-corrected chi connectivity index (χ0v) is 33.0. The molecule has 0 radical (unpaired) electrons. The third kappa shape index (κ3) is 16.9. The van der Waals surface area contributed by atoms with E-state index in [2.05, 4.69) is 79.7 Å². The van der Waals surface area contributed by atoms with E-state index >= 15 is 0 Å². The van der Waals surface area contributed by atoms with Gasteiger partial charge in [0.15, 0.2) is 0 Å². The molecule has 3 nitrogen and oxygen atoms in total. The fourth-order valence-corrected chi connectivity index (χ4v) is 6.13. The minimum atomic E-state index is -0.497. The Labute approximate surface area is 301 Å². The summed E-state index contributed by atoms with van der Waals surface area (Å²) in [7, 11) is 0. The standard InChI is InChI=1S/C15H26O.2C10H16O.C5H9.ClH.Mg/c1-12(2)6-5-11-15(4,16)14-9-7-13(3)8-10-14;2*1-8-3-5-9(6-4-8)10(2)7-11-10;1-4-5(2)3;;/h6-7,14,16H,5,8-11H2,1-4H3;2*3,9H,4-7H2,1-2H3;4H,1H2,2-3H3;1H;/q;;;-1;;+2/p-1. The quantitative estimate of drug-likeness (QED) is 0.138. The molecule has 0 amide bonds. The molecule has 0 spiro atoms. The molecule has 5 heteroatoms. The van der Waals surface area contributed by atoms with Crippen LogP contribution in [0, 0.1) is 24.7 Å². The Morgan fingerprint density at radius 3 is 1.47 bits per heavy atom. The van der Waals surface area contributed by atoms with Crippen molar-refractivity contribution in [1.82, 2.24) is 0 Å². The largest absolute Gasteiger partial charge is 2.00 e. The van der Waals surface area contributed by atoms with Gasteiger partial charge in [-0.25, -0.2) is 18.6 Å². The number of hydrogen-bond acceptors (Lipinski definition) is 3. The van der Waals surface area contributed by atoms with Crippen LogP contribution in [0.4, 0.5) is 0 Å². The van der Waals surface area contributed by atoms with Crippen molar-refractivity contribution in [2.24, 2.45) is 17.8 Å². The molecular formula is C40H67ClMgO3. The number of hydrogen-bond donors (Lipinski definition) is 1. The Bertz CT molecular complexity index is 974.